The maximum absolute atomic E-state index is 11.9. The van der Waals surface area contributed by atoms with Crippen LogP contribution in [0.2, 0.25) is 0 Å². The van der Waals surface area contributed by atoms with Crippen LogP contribution < -0.4 is 14.8 Å². The second kappa shape index (κ2) is 6.49. The molecule has 3 rings (SSSR count). The number of carbonyl (C=O) groups excluding carboxylic acids is 1. The van der Waals surface area contributed by atoms with Gasteiger partial charge >= 0.3 is 0 Å². The quantitative estimate of drug-likeness (QED) is 0.903. The molecule has 1 unspecified atom stereocenters. The van der Waals surface area contributed by atoms with E-state index in [4.69, 9.17) is 9.47 Å². The molecular weight excluding hydrogens is 354 g/mol. The molecule has 0 saturated carbocycles. The highest BCUT2D eigenvalue weighted by Gasteiger charge is 2.21. The maximum Gasteiger partial charge on any atom is 0.225 e. The zero-order valence-corrected chi connectivity index (χ0v) is 13.6. The Balaban J connectivity index is 1.49. The minimum absolute atomic E-state index is 0.00758. The largest absolute Gasteiger partial charge is 0.486 e. The van der Waals surface area contributed by atoms with Crippen molar-refractivity contribution in [1.29, 1.82) is 0 Å². The fourth-order valence-corrected chi connectivity index (χ4v) is 3.54. The van der Waals surface area contributed by atoms with Crippen LogP contribution in [0, 0.1) is 0 Å². The maximum atomic E-state index is 11.9. The first kappa shape index (κ1) is 14.4. The molecular formula is C15H14BrNO3S. The molecule has 1 aromatic carbocycles. The fraction of sp³-hybridized carbons (Fsp3) is 0.267. The lowest BCUT2D eigenvalue weighted by molar-refractivity contribution is -0.120. The Morgan fingerprint density at radius 3 is 2.86 bits per heavy atom. The summed E-state index contributed by atoms with van der Waals surface area (Å²) < 4.78 is 12.4. The second-order valence-electron chi connectivity index (χ2n) is 4.68. The summed E-state index contributed by atoms with van der Waals surface area (Å²) in [6.07, 6.45) is 0.236. The van der Waals surface area contributed by atoms with Gasteiger partial charge in [-0.25, -0.2) is 0 Å². The van der Waals surface area contributed by atoms with Gasteiger partial charge in [0.2, 0.25) is 5.91 Å². The van der Waals surface area contributed by atoms with Crippen molar-refractivity contribution in [3.8, 4) is 11.5 Å². The van der Waals surface area contributed by atoms with Gasteiger partial charge in [0.05, 0.1) is 16.8 Å². The molecule has 0 fully saturated rings. The van der Waals surface area contributed by atoms with Crippen molar-refractivity contribution >= 4 is 33.2 Å². The molecule has 0 bridgehead atoms. The van der Waals surface area contributed by atoms with Crippen molar-refractivity contribution < 1.29 is 14.3 Å². The van der Waals surface area contributed by atoms with Crippen molar-refractivity contribution in [2.75, 3.05) is 13.2 Å². The number of hydrogen-bond acceptors (Lipinski definition) is 4. The first-order valence-electron chi connectivity index (χ1n) is 6.60. The lowest BCUT2D eigenvalue weighted by atomic mass is 10.2. The first-order chi connectivity index (χ1) is 10.2. The van der Waals surface area contributed by atoms with Gasteiger partial charge in [-0.05, 0) is 40.2 Å². The summed E-state index contributed by atoms with van der Waals surface area (Å²) in [5.41, 5.74) is 0. The Bertz CT molecular complexity index is 643. The summed E-state index contributed by atoms with van der Waals surface area (Å²) >= 11 is 4.96. The van der Waals surface area contributed by atoms with Crippen molar-refractivity contribution in [2.24, 2.45) is 0 Å². The van der Waals surface area contributed by atoms with E-state index in [1.807, 2.05) is 36.4 Å². The summed E-state index contributed by atoms with van der Waals surface area (Å²) in [6.45, 7) is 0.890. The number of para-hydroxylation sites is 2. The number of carbonyl (C=O) groups is 1. The first-order valence-corrected chi connectivity index (χ1v) is 8.21. The third-order valence-electron chi connectivity index (χ3n) is 3.06. The molecule has 4 nitrogen and oxygen atoms in total. The number of hydrogen-bond donors (Lipinski definition) is 1. The highest BCUT2D eigenvalue weighted by atomic mass is 79.9. The molecule has 1 amide bonds. The van der Waals surface area contributed by atoms with Crippen molar-refractivity contribution in [1.82, 2.24) is 5.32 Å². The summed E-state index contributed by atoms with van der Waals surface area (Å²) in [5, 5.41) is 2.89. The average Bonchev–Trinajstić information content (AvgIpc) is 2.90. The lowest BCUT2D eigenvalue weighted by Gasteiger charge is -2.26. The van der Waals surface area contributed by atoms with Gasteiger partial charge < -0.3 is 14.8 Å². The van der Waals surface area contributed by atoms with E-state index < -0.39 is 0 Å². The van der Waals surface area contributed by atoms with Crippen LogP contribution in [-0.2, 0) is 11.2 Å². The van der Waals surface area contributed by atoms with Crippen molar-refractivity contribution in [3.05, 3.63) is 45.1 Å². The number of halogens is 1. The number of nitrogens with one attached hydrogen (secondary N) is 1. The van der Waals surface area contributed by atoms with Crippen LogP contribution in [0.1, 0.15) is 4.88 Å². The Hall–Kier alpha value is -1.53. The number of benzene rings is 1. The SMILES string of the molecule is O=C(Cc1ccc(Br)s1)NCC1COc2ccccc2O1. The van der Waals surface area contributed by atoms with Crippen LogP contribution in [0.25, 0.3) is 0 Å². The Morgan fingerprint density at radius 1 is 1.29 bits per heavy atom. The normalized spacial score (nSPS) is 16.5. The predicted molar refractivity (Wildman–Crippen MR) is 85.1 cm³/mol. The lowest BCUT2D eigenvalue weighted by Crippen LogP contribution is -2.41. The van der Waals surface area contributed by atoms with Crippen LogP contribution in [0.4, 0.5) is 0 Å². The van der Waals surface area contributed by atoms with Gasteiger partial charge in [-0.15, -0.1) is 11.3 Å². The molecule has 1 atom stereocenters. The van der Waals surface area contributed by atoms with E-state index in [1.165, 1.54) is 0 Å². The fourth-order valence-electron chi connectivity index (χ4n) is 2.06. The number of thiophene rings is 1. The van der Waals surface area contributed by atoms with Crippen LogP contribution in [0.5, 0.6) is 11.5 Å². The number of ether oxygens (including phenoxy) is 2. The molecule has 110 valence electrons. The highest BCUT2D eigenvalue weighted by molar-refractivity contribution is 9.11. The molecule has 2 aromatic rings. The van der Waals surface area contributed by atoms with Crippen molar-refractivity contribution in [2.45, 2.75) is 12.5 Å². The Labute approximate surface area is 135 Å². The summed E-state index contributed by atoms with van der Waals surface area (Å²) in [4.78, 5) is 12.9. The number of fused-ring (bicyclic) bond motifs is 1. The zero-order chi connectivity index (χ0) is 14.7. The minimum Gasteiger partial charge on any atom is -0.486 e. The average molecular weight is 368 g/mol. The van der Waals surface area contributed by atoms with Crippen molar-refractivity contribution in [3.63, 3.8) is 0 Å². The van der Waals surface area contributed by atoms with E-state index in [0.717, 1.165) is 20.2 Å². The number of amides is 1. The second-order valence-corrected chi connectivity index (χ2v) is 7.23. The minimum atomic E-state index is -0.154. The molecule has 1 N–H and O–H groups in total. The van der Waals surface area contributed by atoms with Crippen LogP contribution in [-0.4, -0.2) is 25.2 Å². The van der Waals surface area contributed by atoms with Crippen LogP contribution in [0.3, 0.4) is 0 Å². The van der Waals surface area contributed by atoms with E-state index in [-0.39, 0.29) is 12.0 Å². The zero-order valence-electron chi connectivity index (χ0n) is 11.2. The smallest absolute Gasteiger partial charge is 0.225 e. The monoisotopic (exact) mass is 367 g/mol. The third kappa shape index (κ3) is 3.77. The number of rotatable bonds is 4. The van der Waals surface area contributed by atoms with Gasteiger partial charge in [0, 0.05) is 4.88 Å². The van der Waals surface area contributed by atoms with E-state index in [0.29, 0.717) is 19.6 Å². The molecule has 1 aliphatic heterocycles. The van der Waals surface area contributed by atoms with Gasteiger partial charge in [-0.1, -0.05) is 12.1 Å². The highest BCUT2D eigenvalue weighted by Crippen LogP contribution is 2.30. The molecule has 0 radical (unpaired) electrons. The molecule has 2 heterocycles. The van der Waals surface area contributed by atoms with Gasteiger partial charge in [-0.3, -0.25) is 4.79 Å². The van der Waals surface area contributed by atoms with E-state index in [2.05, 4.69) is 21.2 Å². The molecule has 1 aliphatic rings. The predicted octanol–water partition coefficient (Wildman–Crippen LogP) is 3.01. The van der Waals surface area contributed by atoms with Gasteiger partial charge in [0.25, 0.3) is 0 Å². The molecule has 1 aromatic heterocycles. The third-order valence-corrected chi connectivity index (χ3v) is 4.68. The Morgan fingerprint density at radius 2 is 2.10 bits per heavy atom. The van der Waals surface area contributed by atoms with Crippen LogP contribution in [0.15, 0.2) is 40.2 Å². The van der Waals surface area contributed by atoms with E-state index in [9.17, 15) is 4.79 Å². The molecule has 21 heavy (non-hydrogen) atoms. The van der Waals surface area contributed by atoms with Gasteiger partial charge in [-0.2, -0.15) is 0 Å². The standard InChI is InChI=1S/C15H14BrNO3S/c16-14-6-5-11(21-14)7-15(18)17-8-10-9-19-12-3-1-2-4-13(12)20-10/h1-6,10H,7-9H2,(H,17,18). The van der Waals surface area contributed by atoms with E-state index in [1.54, 1.807) is 11.3 Å². The van der Waals surface area contributed by atoms with Crippen LogP contribution >= 0.6 is 27.3 Å². The summed E-state index contributed by atoms with van der Waals surface area (Å²) in [6, 6.07) is 11.4. The molecule has 0 spiro atoms. The molecule has 6 heteroatoms. The van der Waals surface area contributed by atoms with Gasteiger partial charge in [0.15, 0.2) is 11.5 Å². The molecule has 0 saturated heterocycles. The Kier molecular flexibility index (Phi) is 4.45. The summed E-state index contributed by atoms with van der Waals surface area (Å²) in [7, 11) is 0. The van der Waals surface area contributed by atoms with Gasteiger partial charge in [0.1, 0.15) is 12.7 Å². The topological polar surface area (TPSA) is 47.6 Å². The van der Waals surface area contributed by atoms with E-state index >= 15 is 0 Å². The summed E-state index contributed by atoms with van der Waals surface area (Å²) in [5.74, 6) is 1.47. The molecule has 0 aliphatic carbocycles.